The summed E-state index contributed by atoms with van der Waals surface area (Å²) in [4.78, 5) is 25.6. The second-order valence-corrected chi connectivity index (χ2v) is 9.44. The Kier molecular flexibility index (Phi) is 5.14. The number of piperidine rings is 1. The molecule has 1 amide bonds. The number of hydrogen-bond donors (Lipinski definition) is 1. The minimum absolute atomic E-state index is 0.0407. The maximum atomic E-state index is 12.8. The van der Waals surface area contributed by atoms with Gasteiger partial charge in [-0.3, -0.25) is 9.59 Å². The number of carbonyl (C=O) groups is 1. The van der Waals surface area contributed by atoms with Crippen LogP contribution in [0.4, 0.5) is 0 Å². The Balaban J connectivity index is 1.59. The fraction of sp³-hybridized carbons (Fsp3) is 0.333. The van der Waals surface area contributed by atoms with E-state index in [9.17, 15) is 18.0 Å². The zero-order valence-electron chi connectivity index (χ0n) is 16.2. The molecule has 0 bridgehead atoms. The first kappa shape index (κ1) is 19.6. The summed E-state index contributed by atoms with van der Waals surface area (Å²) in [7, 11) is -3.19. The summed E-state index contributed by atoms with van der Waals surface area (Å²) < 4.78 is 26.6. The molecule has 2 aromatic carbocycles. The SMILES string of the molecule is CS(=O)(=O)N1CCC(NC(=O)Cn2c3ccccc3c(=O)c3ccccc32)CC1. The van der Waals surface area contributed by atoms with Crippen LogP contribution < -0.4 is 10.7 Å². The topological polar surface area (TPSA) is 88.5 Å². The van der Waals surface area contributed by atoms with E-state index >= 15 is 0 Å². The van der Waals surface area contributed by atoms with E-state index in [0.29, 0.717) is 36.7 Å². The van der Waals surface area contributed by atoms with Crippen molar-refractivity contribution < 1.29 is 13.2 Å². The molecule has 1 fully saturated rings. The average Bonchev–Trinajstić information content (AvgIpc) is 2.71. The molecule has 1 aromatic heterocycles. The van der Waals surface area contributed by atoms with Gasteiger partial charge in [-0.2, -0.15) is 0 Å². The first-order valence-corrected chi connectivity index (χ1v) is 11.4. The van der Waals surface area contributed by atoms with Crippen molar-refractivity contribution in [3.63, 3.8) is 0 Å². The van der Waals surface area contributed by atoms with Crippen molar-refractivity contribution in [1.82, 2.24) is 14.2 Å². The fourth-order valence-corrected chi connectivity index (χ4v) is 4.87. The van der Waals surface area contributed by atoms with Gasteiger partial charge in [-0.25, -0.2) is 12.7 Å². The van der Waals surface area contributed by atoms with Gasteiger partial charge in [0.2, 0.25) is 15.9 Å². The summed E-state index contributed by atoms with van der Waals surface area (Å²) in [6.07, 6.45) is 2.38. The van der Waals surface area contributed by atoms with Crippen LogP contribution in [0.5, 0.6) is 0 Å². The molecule has 4 rings (SSSR count). The van der Waals surface area contributed by atoms with Crippen molar-refractivity contribution in [2.75, 3.05) is 19.3 Å². The smallest absolute Gasteiger partial charge is 0.240 e. The Morgan fingerprint density at radius 2 is 1.52 bits per heavy atom. The zero-order valence-corrected chi connectivity index (χ0v) is 17.0. The highest BCUT2D eigenvalue weighted by Crippen LogP contribution is 2.19. The van der Waals surface area contributed by atoms with Gasteiger partial charge < -0.3 is 9.88 Å². The Hall–Kier alpha value is -2.71. The van der Waals surface area contributed by atoms with Crippen molar-refractivity contribution in [3.05, 3.63) is 58.8 Å². The number of rotatable bonds is 4. The van der Waals surface area contributed by atoms with Crippen LogP contribution in [0.3, 0.4) is 0 Å². The van der Waals surface area contributed by atoms with Gasteiger partial charge in [0.25, 0.3) is 0 Å². The molecule has 0 radical (unpaired) electrons. The molecule has 0 aliphatic carbocycles. The maximum Gasteiger partial charge on any atom is 0.240 e. The molecular formula is C21H23N3O4S. The molecule has 0 unspecified atom stereocenters. The molecule has 1 aliphatic heterocycles. The third kappa shape index (κ3) is 3.90. The van der Waals surface area contributed by atoms with Gasteiger partial charge in [-0.15, -0.1) is 0 Å². The molecule has 3 aromatic rings. The Bertz CT molecular complexity index is 1180. The largest absolute Gasteiger partial charge is 0.352 e. The van der Waals surface area contributed by atoms with E-state index < -0.39 is 10.0 Å². The van der Waals surface area contributed by atoms with Gasteiger partial charge in [-0.1, -0.05) is 24.3 Å². The van der Waals surface area contributed by atoms with Crippen LogP contribution in [-0.4, -0.2) is 48.6 Å². The van der Waals surface area contributed by atoms with Gasteiger partial charge >= 0.3 is 0 Å². The molecule has 1 saturated heterocycles. The molecule has 0 atom stereocenters. The summed E-state index contributed by atoms with van der Waals surface area (Å²) in [6.45, 7) is 0.912. The van der Waals surface area contributed by atoms with Crippen LogP contribution in [0.15, 0.2) is 53.3 Å². The molecule has 29 heavy (non-hydrogen) atoms. The van der Waals surface area contributed by atoms with Gasteiger partial charge in [-0.05, 0) is 37.1 Å². The number of nitrogens with one attached hydrogen (secondary N) is 1. The van der Waals surface area contributed by atoms with Crippen LogP contribution >= 0.6 is 0 Å². The second-order valence-electron chi connectivity index (χ2n) is 7.45. The van der Waals surface area contributed by atoms with E-state index in [4.69, 9.17) is 0 Å². The van der Waals surface area contributed by atoms with Gasteiger partial charge in [0.1, 0.15) is 6.54 Å². The normalized spacial score (nSPS) is 16.3. The van der Waals surface area contributed by atoms with Gasteiger partial charge in [0, 0.05) is 29.9 Å². The van der Waals surface area contributed by atoms with E-state index in [0.717, 1.165) is 11.0 Å². The first-order chi connectivity index (χ1) is 13.8. The quantitative estimate of drug-likeness (QED) is 0.660. The molecule has 2 heterocycles. The summed E-state index contributed by atoms with van der Waals surface area (Å²) in [5.41, 5.74) is 1.40. The van der Waals surface area contributed by atoms with Crippen LogP contribution in [0.2, 0.25) is 0 Å². The number of hydrogen-bond acceptors (Lipinski definition) is 4. The zero-order chi connectivity index (χ0) is 20.6. The molecule has 0 spiro atoms. The number of para-hydroxylation sites is 2. The van der Waals surface area contributed by atoms with Crippen LogP contribution in [-0.2, 0) is 21.4 Å². The predicted octanol–water partition coefficient (Wildman–Crippen LogP) is 1.69. The molecule has 1 N–H and O–H groups in total. The third-order valence-electron chi connectivity index (χ3n) is 5.47. The number of aromatic nitrogens is 1. The minimum Gasteiger partial charge on any atom is -0.352 e. The molecule has 152 valence electrons. The molecular weight excluding hydrogens is 390 g/mol. The van der Waals surface area contributed by atoms with Crippen LogP contribution in [0, 0.1) is 0 Å². The fourth-order valence-electron chi connectivity index (χ4n) is 4.00. The van der Waals surface area contributed by atoms with Crippen LogP contribution in [0.1, 0.15) is 12.8 Å². The van der Waals surface area contributed by atoms with Crippen molar-refractivity contribution in [1.29, 1.82) is 0 Å². The third-order valence-corrected chi connectivity index (χ3v) is 6.77. The number of pyridine rings is 1. The molecule has 1 aliphatic rings. The molecule has 7 nitrogen and oxygen atoms in total. The Morgan fingerprint density at radius 3 is 2.03 bits per heavy atom. The summed E-state index contributed by atoms with van der Waals surface area (Å²) >= 11 is 0. The highest BCUT2D eigenvalue weighted by atomic mass is 32.2. The standard InChI is InChI=1S/C21H23N3O4S/c1-29(27,28)23-12-10-15(11-13-23)22-20(25)14-24-18-8-4-2-6-16(18)21(26)17-7-3-5-9-19(17)24/h2-9,15H,10-14H2,1H3,(H,22,25). The number of nitrogens with zero attached hydrogens (tertiary/aromatic N) is 2. The van der Waals surface area contributed by atoms with E-state index in [2.05, 4.69) is 5.32 Å². The van der Waals surface area contributed by atoms with Crippen LogP contribution in [0.25, 0.3) is 21.8 Å². The van der Waals surface area contributed by atoms with Crippen molar-refractivity contribution in [2.24, 2.45) is 0 Å². The summed E-state index contributed by atoms with van der Waals surface area (Å²) in [6, 6.07) is 14.5. The lowest BCUT2D eigenvalue weighted by Crippen LogP contribution is -2.46. The average molecular weight is 413 g/mol. The predicted molar refractivity (Wildman–Crippen MR) is 113 cm³/mol. The van der Waals surface area contributed by atoms with Crippen molar-refractivity contribution in [2.45, 2.75) is 25.4 Å². The molecule has 8 heteroatoms. The monoisotopic (exact) mass is 413 g/mol. The lowest BCUT2D eigenvalue weighted by Gasteiger charge is -2.30. The Labute approximate surface area is 169 Å². The number of sulfonamides is 1. The van der Waals surface area contributed by atoms with E-state index in [1.165, 1.54) is 10.6 Å². The van der Waals surface area contributed by atoms with E-state index in [-0.39, 0.29) is 23.9 Å². The number of benzene rings is 2. The maximum absolute atomic E-state index is 12.8. The number of amides is 1. The highest BCUT2D eigenvalue weighted by Gasteiger charge is 2.26. The van der Waals surface area contributed by atoms with E-state index in [1.54, 1.807) is 12.1 Å². The summed E-state index contributed by atoms with van der Waals surface area (Å²) in [5, 5.41) is 4.19. The van der Waals surface area contributed by atoms with E-state index in [1.807, 2.05) is 41.0 Å². The van der Waals surface area contributed by atoms with Crippen molar-refractivity contribution >= 4 is 37.7 Å². The highest BCUT2D eigenvalue weighted by molar-refractivity contribution is 7.88. The van der Waals surface area contributed by atoms with Gasteiger partial charge in [0.15, 0.2) is 5.43 Å². The van der Waals surface area contributed by atoms with Crippen molar-refractivity contribution in [3.8, 4) is 0 Å². The lowest BCUT2D eigenvalue weighted by molar-refractivity contribution is -0.122. The lowest BCUT2D eigenvalue weighted by atomic mass is 10.1. The summed E-state index contributed by atoms with van der Waals surface area (Å²) in [5.74, 6) is -0.151. The first-order valence-electron chi connectivity index (χ1n) is 9.59. The number of carbonyl (C=O) groups excluding carboxylic acids is 1. The number of fused-ring (bicyclic) bond motifs is 2. The van der Waals surface area contributed by atoms with Gasteiger partial charge in [0.05, 0.1) is 17.3 Å². The Morgan fingerprint density at radius 1 is 1.00 bits per heavy atom. The minimum atomic E-state index is -3.19. The second kappa shape index (κ2) is 7.61. The molecule has 0 saturated carbocycles.